The first kappa shape index (κ1) is 16.5. The summed E-state index contributed by atoms with van der Waals surface area (Å²) in [7, 11) is -1.79. The lowest BCUT2D eigenvalue weighted by Gasteiger charge is -2.45. The Morgan fingerprint density at radius 2 is 2.00 bits per heavy atom. The van der Waals surface area contributed by atoms with Crippen molar-refractivity contribution in [2.75, 3.05) is 0 Å². The molecule has 1 heterocycles. The fraction of sp³-hybridized carbons (Fsp3) is 0.706. The third-order valence-electron chi connectivity index (χ3n) is 5.14. The SMILES string of the molecule is CC1(C)CCC(c2cnco2)=CC1O[Si](C)(C)C(C)(C)C. The summed E-state index contributed by atoms with van der Waals surface area (Å²) >= 11 is 0. The Hall–Kier alpha value is -0.873. The van der Waals surface area contributed by atoms with E-state index in [4.69, 9.17) is 8.84 Å². The summed E-state index contributed by atoms with van der Waals surface area (Å²) in [4.78, 5) is 4.03. The van der Waals surface area contributed by atoms with E-state index >= 15 is 0 Å². The standard InChI is InChI=1S/C17H29NO2Si/c1-16(2,3)21(6,7)20-15-10-13(8-9-17(15,4)5)14-11-18-12-19-14/h10-12,15H,8-9H2,1-7H3. The van der Waals surface area contributed by atoms with Gasteiger partial charge in [0.25, 0.3) is 0 Å². The van der Waals surface area contributed by atoms with Gasteiger partial charge in [-0.05, 0) is 48.0 Å². The molecular formula is C17H29NO2Si. The van der Waals surface area contributed by atoms with Gasteiger partial charge < -0.3 is 8.84 Å². The van der Waals surface area contributed by atoms with Crippen molar-refractivity contribution >= 4 is 13.9 Å². The lowest BCUT2D eigenvalue weighted by atomic mass is 9.76. The molecule has 21 heavy (non-hydrogen) atoms. The minimum atomic E-state index is -1.79. The summed E-state index contributed by atoms with van der Waals surface area (Å²) in [5, 5.41) is 0.223. The second-order valence-electron chi connectivity index (χ2n) is 8.34. The van der Waals surface area contributed by atoms with Gasteiger partial charge >= 0.3 is 0 Å². The van der Waals surface area contributed by atoms with Crippen molar-refractivity contribution in [2.45, 2.75) is 71.7 Å². The fourth-order valence-corrected chi connectivity index (χ4v) is 3.73. The van der Waals surface area contributed by atoms with Gasteiger partial charge in [0, 0.05) is 0 Å². The van der Waals surface area contributed by atoms with Crippen molar-refractivity contribution in [1.82, 2.24) is 4.98 Å². The predicted octanol–water partition coefficient (Wildman–Crippen LogP) is 5.27. The normalized spacial score (nSPS) is 23.0. The molecule has 2 rings (SSSR count). The number of nitrogens with zero attached hydrogens (tertiary/aromatic N) is 1. The first-order chi connectivity index (χ1) is 9.53. The van der Waals surface area contributed by atoms with E-state index in [2.05, 4.69) is 58.8 Å². The first-order valence-corrected chi connectivity index (χ1v) is 10.7. The largest absolute Gasteiger partial charge is 0.444 e. The molecule has 0 radical (unpaired) electrons. The zero-order chi connectivity index (χ0) is 15.9. The van der Waals surface area contributed by atoms with Gasteiger partial charge in [0.2, 0.25) is 0 Å². The van der Waals surface area contributed by atoms with Gasteiger partial charge in [-0.2, -0.15) is 0 Å². The van der Waals surface area contributed by atoms with Crippen LogP contribution < -0.4 is 0 Å². The minimum Gasteiger partial charge on any atom is -0.444 e. The maximum absolute atomic E-state index is 6.69. The van der Waals surface area contributed by atoms with Crippen molar-refractivity contribution in [1.29, 1.82) is 0 Å². The molecule has 1 aromatic heterocycles. The Morgan fingerprint density at radius 1 is 1.33 bits per heavy atom. The quantitative estimate of drug-likeness (QED) is 0.714. The van der Waals surface area contributed by atoms with Crippen LogP contribution in [-0.4, -0.2) is 19.4 Å². The Kier molecular flexibility index (Phi) is 4.24. The van der Waals surface area contributed by atoms with Crippen LogP contribution in [0, 0.1) is 5.41 Å². The van der Waals surface area contributed by atoms with E-state index in [0.29, 0.717) is 0 Å². The number of hydrogen-bond donors (Lipinski definition) is 0. The monoisotopic (exact) mass is 307 g/mol. The van der Waals surface area contributed by atoms with Gasteiger partial charge in [-0.25, -0.2) is 4.98 Å². The van der Waals surface area contributed by atoms with E-state index in [1.165, 1.54) is 12.0 Å². The summed E-state index contributed by atoms with van der Waals surface area (Å²) in [6, 6.07) is 0. The highest BCUT2D eigenvalue weighted by atomic mass is 28.4. The van der Waals surface area contributed by atoms with E-state index in [1.807, 2.05) is 0 Å². The van der Waals surface area contributed by atoms with Gasteiger partial charge in [-0.3, -0.25) is 0 Å². The van der Waals surface area contributed by atoms with Crippen LogP contribution in [0.4, 0.5) is 0 Å². The van der Waals surface area contributed by atoms with Crippen LogP contribution in [-0.2, 0) is 4.43 Å². The topological polar surface area (TPSA) is 35.3 Å². The van der Waals surface area contributed by atoms with Crippen LogP contribution >= 0.6 is 0 Å². The van der Waals surface area contributed by atoms with Crippen molar-refractivity contribution < 1.29 is 8.84 Å². The molecule has 0 saturated heterocycles. The van der Waals surface area contributed by atoms with Gasteiger partial charge in [0.15, 0.2) is 14.7 Å². The molecule has 1 unspecified atom stereocenters. The van der Waals surface area contributed by atoms with E-state index in [9.17, 15) is 0 Å². The molecule has 118 valence electrons. The van der Waals surface area contributed by atoms with Crippen molar-refractivity contribution in [2.24, 2.45) is 5.41 Å². The van der Waals surface area contributed by atoms with Gasteiger partial charge in [0.05, 0.1) is 12.3 Å². The average molecular weight is 308 g/mol. The van der Waals surface area contributed by atoms with E-state index in [1.54, 1.807) is 6.20 Å². The van der Waals surface area contributed by atoms with Crippen molar-refractivity contribution in [3.8, 4) is 0 Å². The van der Waals surface area contributed by atoms with Crippen LogP contribution in [0.15, 0.2) is 23.1 Å². The van der Waals surface area contributed by atoms with Crippen LogP contribution in [0.2, 0.25) is 18.1 Å². The molecule has 1 aromatic rings. The Labute approximate surface area is 129 Å². The third kappa shape index (κ3) is 3.48. The summed E-state index contributed by atoms with van der Waals surface area (Å²) < 4.78 is 12.2. The highest BCUT2D eigenvalue weighted by Crippen LogP contribution is 2.44. The van der Waals surface area contributed by atoms with E-state index in [-0.39, 0.29) is 16.6 Å². The summed E-state index contributed by atoms with van der Waals surface area (Å²) in [6.45, 7) is 16.1. The summed E-state index contributed by atoms with van der Waals surface area (Å²) in [6.07, 6.45) is 7.85. The highest BCUT2D eigenvalue weighted by Gasteiger charge is 2.43. The average Bonchev–Trinajstić information content (AvgIpc) is 2.83. The molecule has 1 aliphatic carbocycles. The number of oxazole rings is 1. The molecule has 1 aliphatic rings. The van der Waals surface area contributed by atoms with E-state index < -0.39 is 8.32 Å². The lowest BCUT2D eigenvalue weighted by molar-refractivity contribution is 0.0875. The minimum absolute atomic E-state index is 0.146. The molecular weight excluding hydrogens is 278 g/mol. The number of allylic oxidation sites excluding steroid dienone is 1. The fourth-order valence-electron chi connectivity index (χ4n) is 2.36. The number of aromatic nitrogens is 1. The molecule has 1 atom stereocenters. The second-order valence-corrected chi connectivity index (χ2v) is 13.1. The molecule has 4 heteroatoms. The van der Waals surface area contributed by atoms with Gasteiger partial charge in [-0.15, -0.1) is 0 Å². The molecule has 0 saturated carbocycles. The highest BCUT2D eigenvalue weighted by molar-refractivity contribution is 6.74. The maximum atomic E-state index is 6.69. The van der Waals surface area contributed by atoms with Crippen LogP contribution in [0.25, 0.3) is 5.57 Å². The zero-order valence-electron chi connectivity index (χ0n) is 14.5. The van der Waals surface area contributed by atoms with Gasteiger partial charge in [0.1, 0.15) is 5.76 Å². The smallest absolute Gasteiger partial charge is 0.192 e. The molecule has 0 amide bonds. The Bertz CT molecular complexity index is 509. The molecule has 0 aliphatic heterocycles. The number of rotatable bonds is 3. The second kappa shape index (κ2) is 5.40. The molecule has 0 aromatic carbocycles. The van der Waals surface area contributed by atoms with Crippen molar-refractivity contribution in [3.63, 3.8) is 0 Å². The van der Waals surface area contributed by atoms with Crippen LogP contribution in [0.5, 0.6) is 0 Å². The molecule has 0 fully saturated rings. The third-order valence-corrected chi connectivity index (χ3v) is 9.59. The van der Waals surface area contributed by atoms with Crippen LogP contribution in [0.1, 0.15) is 53.2 Å². The maximum Gasteiger partial charge on any atom is 0.192 e. The zero-order valence-corrected chi connectivity index (χ0v) is 15.5. The van der Waals surface area contributed by atoms with E-state index in [0.717, 1.165) is 18.6 Å². The van der Waals surface area contributed by atoms with Crippen molar-refractivity contribution in [3.05, 3.63) is 24.4 Å². The molecule has 0 N–H and O–H groups in total. The van der Waals surface area contributed by atoms with Gasteiger partial charge in [-0.1, -0.05) is 34.6 Å². The number of hydrogen-bond acceptors (Lipinski definition) is 3. The molecule has 3 nitrogen and oxygen atoms in total. The molecule has 0 spiro atoms. The molecule has 0 bridgehead atoms. The lowest BCUT2D eigenvalue weighted by Crippen LogP contribution is -2.48. The summed E-state index contributed by atoms with van der Waals surface area (Å²) in [5.74, 6) is 0.884. The Balaban J connectivity index is 2.28. The first-order valence-electron chi connectivity index (χ1n) is 7.80. The summed E-state index contributed by atoms with van der Waals surface area (Å²) in [5.41, 5.74) is 1.40. The predicted molar refractivity (Wildman–Crippen MR) is 89.6 cm³/mol. The Morgan fingerprint density at radius 3 is 2.52 bits per heavy atom. The van der Waals surface area contributed by atoms with Crippen LogP contribution in [0.3, 0.4) is 0 Å².